The lowest BCUT2D eigenvalue weighted by Gasteiger charge is -2.14. The largest absolute Gasteiger partial charge is 0.349 e. The minimum absolute atomic E-state index is 0.0940. The molecule has 3 N–H and O–H groups in total. The Hall–Kier alpha value is -3.71. The fourth-order valence-electron chi connectivity index (χ4n) is 3.39. The van der Waals surface area contributed by atoms with Crippen molar-refractivity contribution in [2.45, 2.75) is 32.2 Å². The van der Waals surface area contributed by atoms with Crippen molar-refractivity contribution in [3.05, 3.63) is 88.5 Å². The van der Waals surface area contributed by atoms with Crippen LogP contribution in [0.3, 0.4) is 0 Å². The highest BCUT2D eigenvalue weighted by Crippen LogP contribution is 2.23. The quantitative estimate of drug-likeness (QED) is 0.404. The summed E-state index contributed by atoms with van der Waals surface area (Å²) >= 11 is 0. The van der Waals surface area contributed by atoms with Crippen molar-refractivity contribution in [3.8, 4) is 5.69 Å². The lowest BCUT2D eigenvalue weighted by atomic mass is 10.0. The number of benzene rings is 1. The lowest BCUT2D eigenvalue weighted by Crippen LogP contribution is -2.31. The summed E-state index contributed by atoms with van der Waals surface area (Å²) in [5.74, 6) is -0.362. The van der Waals surface area contributed by atoms with E-state index in [9.17, 15) is 14.8 Å². The number of fused-ring (bicyclic) bond motifs is 1. The van der Waals surface area contributed by atoms with Crippen LogP contribution in [0.2, 0.25) is 0 Å². The molecule has 1 aliphatic carbocycles. The number of rotatable bonds is 7. The van der Waals surface area contributed by atoms with Gasteiger partial charge >= 0.3 is 0 Å². The summed E-state index contributed by atoms with van der Waals surface area (Å²) in [4.78, 5) is 30.1. The van der Waals surface area contributed by atoms with Crippen molar-refractivity contribution in [1.29, 1.82) is 0 Å². The van der Waals surface area contributed by atoms with E-state index in [4.69, 9.17) is 0 Å². The van der Waals surface area contributed by atoms with E-state index >= 15 is 0 Å². The molecule has 1 fully saturated rings. The maximum Gasteiger partial charge on any atom is 0.257 e. The number of hydrogen-bond acceptors (Lipinski definition) is 5. The van der Waals surface area contributed by atoms with Crippen molar-refractivity contribution >= 4 is 22.5 Å². The third-order valence-corrected chi connectivity index (χ3v) is 5.13. The van der Waals surface area contributed by atoms with Gasteiger partial charge in [-0.05, 0) is 54.7 Å². The second kappa shape index (κ2) is 8.97. The van der Waals surface area contributed by atoms with Crippen LogP contribution >= 0.6 is 0 Å². The van der Waals surface area contributed by atoms with Crippen molar-refractivity contribution < 1.29 is 10.0 Å². The molecule has 158 valence electrons. The number of aromatic nitrogens is 2. The number of nitrogens with zero attached hydrogens (tertiary/aromatic N) is 2. The fraction of sp³-hybridized carbons (Fsp3) is 0.208. The van der Waals surface area contributed by atoms with Crippen molar-refractivity contribution in [2.24, 2.45) is 0 Å². The van der Waals surface area contributed by atoms with Crippen LogP contribution in [0.5, 0.6) is 0 Å². The van der Waals surface area contributed by atoms with Gasteiger partial charge in [0.15, 0.2) is 0 Å². The Kier molecular flexibility index (Phi) is 5.95. The van der Waals surface area contributed by atoms with E-state index in [1.807, 2.05) is 43.3 Å². The molecular weight excluding hydrogens is 392 g/mol. The molecule has 4 rings (SSSR count). The van der Waals surface area contributed by atoms with Gasteiger partial charge in [-0.15, -0.1) is 0 Å². The monoisotopic (exact) mass is 416 g/mol. The second-order valence-corrected chi connectivity index (χ2v) is 7.45. The standard InChI is InChI=1S/C24H24N4O3/c1-2-3-6-17(14-26-31)16-7-4-8-19(13-16)28-15-21(24(30)27-18-10-11-18)22(29)20-9-5-12-25-23(20)28/h3-9,12-15,18,26,31H,2,10-11H2,1H3,(H,27,30)/b6-3-,17-14+. The molecule has 0 atom stereocenters. The fourth-order valence-corrected chi connectivity index (χ4v) is 3.39. The van der Waals surface area contributed by atoms with E-state index < -0.39 is 0 Å². The summed E-state index contributed by atoms with van der Waals surface area (Å²) in [5.41, 5.74) is 4.72. The smallest absolute Gasteiger partial charge is 0.257 e. The summed E-state index contributed by atoms with van der Waals surface area (Å²) < 4.78 is 1.76. The molecule has 1 amide bonds. The number of amides is 1. The first-order chi connectivity index (χ1) is 15.1. The molecule has 2 aromatic heterocycles. The van der Waals surface area contributed by atoms with E-state index in [-0.39, 0.29) is 22.9 Å². The van der Waals surface area contributed by atoms with Crippen LogP contribution in [0.4, 0.5) is 0 Å². The molecule has 7 heteroatoms. The van der Waals surface area contributed by atoms with Gasteiger partial charge in [-0.2, -0.15) is 0 Å². The minimum Gasteiger partial charge on any atom is -0.349 e. The first kappa shape index (κ1) is 20.6. The van der Waals surface area contributed by atoms with E-state index in [0.717, 1.165) is 36.1 Å². The Labute approximate surface area is 179 Å². The topological polar surface area (TPSA) is 96.2 Å². The molecule has 1 aliphatic rings. The van der Waals surface area contributed by atoms with Gasteiger partial charge in [0.2, 0.25) is 5.43 Å². The van der Waals surface area contributed by atoms with Gasteiger partial charge < -0.3 is 9.88 Å². The van der Waals surface area contributed by atoms with Gasteiger partial charge in [-0.3, -0.25) is 20.3 Å². The van der Waals surface area contributed by atoms with E-state index in [0.29, 0.717) is 11.0 Å². The Balaban J connectivity index is 1.87. The number of hydroxylamine groups is 1. The zero-order valence-corrected chi connectivity index (χ0v) is 17.2. The molecule has 0 saturated heterocycles. The van der Waals surface area contributed by atoms with Crippen LogP contribution in [-0.2, 0) is 0 Å². The van der Waals surface area contributed by atoms with Crippen LogP contribution < -0.4 is 16.2 Å². The molecule has 0 radical (unpaired) electrons. The summed E-state index contributed by atoms with van der Waals surface area (Å²) in [7, 11) is 0. The predicted molar refractivity (Wildman–Crippen MR) is 120 cm³/mol. The number of nitrogens with one attached hydrogen (secondary N) is 2. The van der Waals surface area contributed by atoms with Gasteiger partial charge in [0.05, 0.1) is 5.39 Å². The van der Waals surface area contributed by atoms with Crippen LogP contribution in [0.25, 0.3) is 22.3 Å². The minimum atomic E-state index is -0.362. The van der Waals surface area contributed by atoms with E-state index in [1.54, 1.807) is 29.1 Å². The van der Waals surface area contributed by atoms with Crippen LogP contribution in [-0.4, -0.2) is 26.7 Å². The number of hydrogen-bond donors (Lipinski definition) is 3. The van der Waals surface area contributed by atoms with E-state index in [1.165, 1.54) is 6.20 Å². The van der Waals surface area contributed by atoms with Crippen molar-refractivity contribution in [1.82, 2.24) is 20.3 Å². The molecule has 1 saturated carbocycles. The predicted octanol–water partition coefficient (Wildman–Crippen LogP) is 3.56. The molecule has 0 aliphatic heterocycles. The molecule has 1 aromatic carbocycles. The zero-order chi connectivity index (χ0) is 21.8. The summed E-state index contributed by atoms with van der Waals surface area (Å²) in [6, 6.07) is 11.1. The summed E-state index contributed by atoms with van der Waals surface area (Å²) in [6.07, 6.45) is 11.3. The Morgan fingerprint density at radius 1 is 1.29 bits per heavy atom. The number of carbonyl (C=O) groups excluding carboxylic acids is 1. The van der Waals surface area contributed by atoms with Crippen molar-refractivity contribution in [2.75, 3.05) is 0 Å². The second-order valence-electron chi connectivity index (χ2n) is 7.45. The SMILES string of the molecule is CC/C=C\C(=C/NO)c1cccc(-n2cc(C(=O)NC3CC3)c(=O)c3cccnc32)c1. The third-order valence-electron chi connectivity index (χ3n) is 5.13. The molecule has 31 heavy (non-hydrogen) atoms. The van der Waals surface area contributed by atoms with Crippen LogP contribution in [0.15, 0.2) is 71.9 Å². The van der Waals surface area contributed by atoms with Gasteiger partial charge in [-0.25, -0.2) is 4.98 Å². The van der Waals surface area contributed by atoms with E-state index in [2.05, 4.69) is 15.8 Å². The highest BCUT2D eigenvalue weighted by Gasteiger charge is 2.26. The third kappa shape index (κ3) is 4.41. The van der Waals surface area contributed by atoms with Crippen LogP contribution in [0, 0.1) is 0 Å². The first-order valence-electron chi connectivity index (χ1n) is 10.3. The van der Waals surface area contributed by atoms with Gasteiger partial charge in [0.1, 0.15) is 11.2 Å². The Morgan fingerprint density at radius 2 is 2.13 bits per heavy atom. The average Bonchev–Trinajstić information content (AvgIpc) is 3.61. The summed E-state index contributed by atoms with van der Waals surface area (Å²) in [6.45, 7) is 2.03. The highest BCUT2D eigenvalue weighted by molar-refractivity contribution is 5.97. The van der Waals surface area contributed by atoms with Gasteiger partial charge in [-0.1, -0.05) is 31.2 Å². The Bertz CT molecular complexity index is 1240. The Morgan fingerprint density at radius 3 is 2.87 bits per heavy atom. The zero-order valence-electron chi connectivity index (χ0n) is 17.2. The van der Waals surface area contributed by atoms with Gasteiger partial charge in [0.25, 0.3) is 5.91 Å². The summed E-state index contributed by atoms with van der Waals surface area (Å²) in [5, 5.41) is 12.5. The molecule has 7 nitrogen and oxygen atoms in total. The van der Waals surface area contributed by atoms with Crippen LogP contribution in [0.1, 0.15) is 42.1 Å². The molecule has 3 aromatic rings. The number of carbonyl (C=O) groups is 1. The molecule has 0 unspecified atom stereocenters. The number of pyridine rings is 2. The number of allylic oxidation sites excluding steroid dienone is 3. The average molecular weight is 416 g/mol. The molecule has 2 heterocycles. The normalized spacial score (nSPS) is 14.2. The maximum absolute atomic E-state index is 13.0. The lowest BCUT2D eigenvalue weighted by molar-refractivity contribution is 0.0949. The van der Waals surface area contributed by atoms with Crippen molar-refractivity contribution in [3.63, 3.8) is 0 Å². The molecule has 0 bridgehead atoms. The molecular formula is C24H24N4O3. The highest BCUT2D eigenvalue weighted by atomic mass is 16.5. The van der Waals surface area contributed by atoms with Gasteiger partial charge in [0, 0.05) is 30.3 Å². The first-order valence-corrected chi connectivity index (χ1v) is 10.3. The maximum atomic E-state index is 13.0. The molecule has 0 spiro atoms.